The minimum Gasteiger partial charge on any atom is -0.326 e. The summed E-state index contributed by atoms with van der Waals surface area (Å²) < 4.78 is 2.01. The van der Waals surface area contributed by atoms with E-state index in [2.05, 4.69) is 5.32 Å². The Kier molecular flexibility index (Phi) is 3.60. The van der Waals surface area contributed by atoms with E-state index >= 15 is 0 Å². The van der Waals surface area contributed by atoms with E-state index in [1.165, 1.54) is 0 Å². The van der Waals surface area contributed by atoms with Gasteiger partial charge in [-0.25, -0.2) is 0 Å². The zero-order chi connectivity index (χ0) is 12.1. The van der Waals surface area contributed by atoms with Crippen LogP contribution in [0.25, 0.3) is 5.69 Å². The highest BCUT2D eigenvalue weighted by Gasteiger charge is 2.01. The van der Waals surface area contributed by atoms with Crippen LogP contribution in [0.3, 0.4) is 0 Å². The monoisotopic (exact) mass is 228 g/mol. The number of hydrogen-bond acceptors (Lipinski definition) is 1. The van der Waals surface area contributed by atoms with Crippen LogP contribution < -0.4 is 5.32 Å². The quantitative estimate of drug-likeness (QED) is 0.856. The Bertz CT molecular complexity index is 489. The largest absolute Gasteiger partial charge is 0.326 e. The molecule has 0 atom stereocenters. The molecule has 1 amide bonds. The van der Waals surface area contributed by atoms with Crippen LogP contribution in [-0.4, -0.2) is 10.5 Å². The third kappa shape index (κ3) is 2.97. The molecule has 0 radical (unpaired) electrons. The summed E-state index contributed by atoms with van der Waals surface area (Å²) in [5, 5.41) is 2.89. The lowest BCUT2D eigenvalue weighted by Gasteiger charge is -2.07. The van der Waals surface area contributed by atoms with Gasteiger partial charge in [-0.05, 0) is 36.8 Å². The van der Waals surface area contributed by atoms with Gasteiger partial charge in [-0.3, -0.25) is 4.79 Å². The summed E-state index contributed by atoms with van der Waals surface area (Å²) in [7, 11) is 0. The first-order valence-electron chi connectivity index (χ1n) is 5.83. The molecule has 88 valence electrons. The summed E-state index contributed by atoms with van der Waals surface area (Å²) in [6, 6.07) is 11.8. The van der Waals surface area contributed by atoms with Gasteiger partial charge in [0.25, 0.3) is 0 Å². The number of rotatable bonds is 4. The molecule has 1 aromatic heterocycles. The van der Waals surface area contributed by atoms with Crippen molar-refractivity contribution in [3.63, 3.8) is 0 Å². The van der Waals surface area contributed by atoms with Crippen molar-refractivity contribution in [2.75, 3.05) is 5.32 Å². The van der Waals surface area contributed by atoms with Crippen LogP contribution in [0.15, 0.2) is 48.8 Å². The lowest BCUT2D eigenvalue weighted by Crippen LogP contribution is -2.10. The number of amides is 1. The van der Waals surface area contributed by atoms with Crippen molar-refractivity contribution < 1.29 is 4.79 Å². The zero-order valence-electron chi connectivity index (χ0n) is 9.89. The molecule has 0 saturated heterocycles. The third-order valence-corrected chi connectivity index (χ3v) is 2.51. The van der Waals surface area contributed by atoms with Crippen molar-refractivity contribution in [2.45, 2.75) is 19.8 Å². The van der Waals surface area contributed by atoms with Crippen LogP contribution in [-0.2, 0) is 4.79 Å². The van der Waals surface area contributed by atoms with Gasteiger partial charge in [0.15, 0.2) is 0 Å². The highest BCUT2D eigenvalue weighted by Crippen LogP contribution is 2.15. The van der Waals surface area contributed by atoms with Crippen LogP contribution in [0, 0.1) is 0 Å². The first kappa shape index (κ1) is 11.5. The Balaban J connectivity index is 2.15. The number of carbonyl (C=O) groups is 1. The van der Waals surface area contributed by atoms with Crippen LogP contribution in [0.5, 0.6) is 0 Å². The molecule has 0 fully saturated rings. The smallest absolute Gasteiger partial charge is 0.224 e. The molecule has 2 rings (SSSR count). The Labute approximate surface area is 101 Å². The lowest BCUT2D eigenvalue weighted by molar-refractivity contribution is -0.116. The van der Waals surface area contributed by atoms with Gasteiger partial charge in [-0.15, -0.1) is 0 Å². The number of hydrogen-bond donors (Lipinski definition) is 1. The zero-order valence-corrected chi connectivity index (χ0v) is 9.89. The minimum atomic E-state index is 0.0668. The fourth-order valence-electron chi connectivity index (χ4n) is 1.70. The van der Waals surface area contributed by atoms with Crippen LogP contribution in [0.4, 0.5) is 5.69 Å². The second-order valence-electron chi connectivity index (χ2n) is 3.94. The SMILES string of the molecule is CCCC(=O)Nc1cccc(-n2cccc2)c1. The van der Waals surface area contributed by atoms with Crippen molar-refractivity contribution in [3.8, 4) is 5.69 Å². The number of aromatic nitrogens is 1. The van der Waals surface area contributed by atoms with Gasteiger partial charge >= 0.3 is 0 Å². The van der Waals surface area contributed by atoms with E-state index < -0.39 is 0 Å². The molecule has 1 aromatic carbocycles. The Morgan fingerprint density at radius 3 is 2.71 bits per heavy atom. The van der Waals surface area contributed by atoms with Crippen molar-refractivity contribution in [1.29, 1.82) is 0 Å². The summed E-state index contributed by atoms with van der Waals surface area (Å²) in [6.45, 7) is 2.00. The van der Waals surface area contributed by atoms with Crippen molar-refractivity contribution in [2.24, 2.45) is 0 Å². The fourth-order valence-corrected chi connectivity index (χ4v) is 1.70. The van der Waals surface area contributed by atoms with E-state index in [0.29, 0.717) is 6.42 Å². The van der Waals surface area contributed by atoms with E-state index in [1.807, 2.05) is 60.3 Å². The molecule has 1 N–H and O–H groups in total. The first-order valence-corrected chi connectivity index (χ1v) is 5.83. The van der Waals surface area contributed by atoms with Crippen molar-refractivity contribution >= 4 is 11.6 Å². The average molecular weight is 228 g/mol. The molecule has 0 spiro atoms. The minimum absolute atomic E-state index is 0.0668. The highest BCUT2D eigenvalue weighted by molar-refractivity contribution is 5.90. The Morgan fingerprint density at radius 1 is 1.24 bits per heavy atom. The maximum Gasteiger partial charge on any atom is 0.224 e. The number of nitrogens with zero attached hydrogens (tertiary/aromatic N) is 1. The van der Waals surface area contributed by atoms with E-state index in [0.717, 1.165) is 17.8 Å². The summed E-state index contributed by atoms with van der Waals surface area (Å²) in [5.41, 5.74) is 1.89. The third-order valence-electron chi connectivity index (χ3n) is 2.51. The molecule has 3 nitrogen and oxygen atoms in total. The van der Waals surface area contributed by atoms with Gasteiger partial charge in [0, 0.05) is 30.2 Å². The first-order chi connectivity index (χ1) is 8.29. The molecule has 0 aliphatic carbocycles. The second-order valence-corrected chi connectivity index (χ2v) is 3.94. The van der Waals surface area contributed by atoms with Crippen molar-refractivity contribution in [3.05, 3.63) is 48.8 Å². The molecule has 1 heterocycles. The number of carbonyl (C=O) groups excluding carboxylic acids is 1. The lowest BCUT2D eigenvalue weighted by atomic mass is 10.2. The van der Waals surface area contributed by atoms with Gasteiger partial charge in [0.05, 0.1) is 0 Å². The molecular formula is C14H16N2O. The maximum atomic E-state index is 11.5. The maximum absolute atomic E-state index is 11.5. The molecule has 0 unspecified atom stereocenters. The van der Waals surface area contributed by atoms with Gasteiger partial charge in [-0.1, -0.05) is 13.0 Å². The van der Waals surface area contributed by atoms with Crippen molar-refractivity contribution in [1.82, 2.24) is 4.57 Å². The predicted molar refractivity (Wildman–Crippen MR) is 69.3 cm³/mol. The Morgan fingerprint density at radius 2 is 2.00 bits per heavy atom. The predicted octanol–water partition coefficient (Wildman–Crippen LogP) is 3.22. The van der Waals surface area contributed by atoms with Gasteiger partial charge in [0.1, 0.15) is 0 Å². The summed E-state index contributed by atoms with van der Waals surface area (Å²) >= 11 is 0. The topological polar surface area (TPSA) is 34.0 Å². The van der Waals surface area contributed by atoms with Crippen LogP contribution in [0.2, 0.25) is 0 Å². The van der Waals surface area contributed by atoms with Crippen LogP contribution >= 0.6 is 0 Å². The van der Waals surface area contributed by atoms with Crippen LogP contribution in [0.1, 0.15) is 19.8 Å². The van der Waals surface area contributed by atoms with E-state index in [1.54, 1.807) is 0 Å². The summed E-state index contributed by atoms with van der Waals surface area (Å²) in [6.07, 6.45) is 5.39. The Hall–Kier alpha value is -2.03. The molecule has 0 aliphatic heterocycles. The highest BCUT2D eigenvalue weighted by atomic mass is 16.1. The molecule has 17 heavy (non-hydrogen) atoms. The molecule has 3 heteroatoms. The van der Waals surface area contributed by atoms with E-state index in [9.17, 15) is 4.79 Å². The number of anilines is 1. The molecule has 2 aromatic rings. The second kappa shape index (κ2) is 5.34. The normalized spacial score (nSPS) is 10.2. The number of nitrogens with one attached hydrogen (secondary N) is 1. The fraction of sp³-hybridized carbons (Fsp3) is 0.214. The average Bonchev–Trinajstić information content (AvgIpc) is 2.83. The van der Waals surface area contributed by atoms with Gasteiger partial charge < -0.3 is 9.88 Å². The van der Waals surface area contributed by atoms with Gasteiger partial charge in [0.2, 0.25) is 5.91 Å². The van der Waals surface area contributed by atoms with Gasteiger partial charge in [-0.2, -0.15) is 0 Å². The summed E-state index contributed by atoms with van der Waals surface area (Å²) in [4.78, 5) is 11.5. The molecule has 0 saturated carbocycles. The molecular weight excluding hydrogens is 212 g/mol. The molecule has 0 aliphatic rings. The van der Waals surface area contributed by atoms with E-state index in [4.69, 9.17) is 0 Å². The molecule has 0 bridgehead atoms. The standard InChI is InChI=1S/C14H16N2O/c1-2-6-14(17)15-12-7-5-8-13(11-12)16-9-3-4-10-16/h3-5,7-11H,2,6H2,1H3,(H,15,17). The summed E-state index contributed by atoms with van der Waals surface area (Å²) in [5.74, 6) is 0.0668. The number of benzene rings is 1. The van der Waals surface area contributed by atoms with E-state index in [-0.39, 0.29) is 5.91 Å².